The summed E-state index contributed by atoms with van der Waals surface area (Å²) in [5.41, 5.74) is 6.61. The molecule has 1 aliphatic heterocycles. The molecule has 1 fully saturated rings. The molecule has 2 N–H and O–H groups in total. The average molecular weight is 293 g/mol. The minimum atomic E-state index is -0.490. The Balaban J connectivity index is 2.26. The predicted molar refractivity (Wildman–Crippen MR) is 83.9 cm³/mol. The van der Waals surface area contributed by atoms with Gasteiger partial charge in [-0.1, -0.05) is 12.1 Å². The van der Waals surface area contributed by atoms with Gasteiger partial charge in [0.15, 0.2) is 0 Å². The Hall–Kier alpha value is -1.24. The van der Waals surface area contributed by atoms with E-state index in [1.54, 1.807) is 13.2 Å². The standard InChI is InChI=1S/C15H24BNO4/c1-14(2)15(3,4)21-16(20-14)11-7-6-8-12(17)13(11)19-10-9-18-5/h6-8H,9-10,17H2,1-5H3. The molecule has 116 valence electrons. The molecule has 21 heavy (non-hydrogen) atoms. The van der Waals surface area contributed by atoms with E-state index >= 15 is 0 Å². The van der Waals surface area contributed by atoms with E-state index in [2.05, 4.69) is 0 Å². The summed E-state index contributed by atoms with van der Waals surface area (Å²) in [5.74, 6) is 0.605. The van der Waals surface area contributed by atoms with E-state index in [-0.39, 0.29) is 0 Å². The summed E-state index contributed by atoms with van der Waals surface area (Å²) < 4.78 is 22.9. The maximum Gasteiger partial charge on any atom is 0.498 e. The fourth-order valence-corrected chi connectivity index (χ4v) is 2.12. The monoisotopic (exact) mass is 293 g/mol. The number of ether oxygens (including phenoxy) is 2. The van der Waals surface area contributed by atoms with Gasteiger partial charge in [-0.05, 0) is 33.8 Å². The number of nitrogen functional groups attached to an aromatic ring is 1. The first-order chi connectivity index (χ1) is 9.78. The molecule has 1 heterocycles. The maximum atomic E-state index is 6.06. The van der Waals surface area contributed by atoms with Crippen LogP contribution in [0.3, 0.4) is 0 Å². The van der Waals surface area contributed by atoms with Gasteiger partial charge in [0, 0.05) is 12.6 Å². The third-order valence-corrected chi connectivity index (χ3v) is 4.12. The van der Waals surface area contributed by atoms with Gasteiger partial charge >= 0.3 is 7.12 Å². The van der Waals surface area contributed by atoms with Crippen molar-refractivity contribution >= 4 is 18.3 Å². The molecule has 5 nitrogen and oxygen atoms in total. The van der Waals surface area contributed by atoms with Crippen molar-refractivity contribution in [2.24, 2.45) is 0 Å². The number of benzene rings is 1. The molecular formula is C15H24BNO4. The van der Waals surface area contributed by atoms with Crippen LogP contribution in [0.25, 0.3) is 0 Å². The minimum absolute atomic E-state index is 0.397. The highest BCUT2D eigenvalue weighted by Crippen LogP contribution is 2.37. The predicted octanol–water partition coefficient (Wildman–Crippen LogP) is 1.59. The zero-order valence-electron chi connectivity index (χ0n) is 13.4. The lowest BCUT2D eigenvalue weighted by Crippen LogP contribution is -2.41. The van der Waals surface area contributed by atoms with Crippen molar-refractivity contribution in [1.29, 1.82) is 0 Å². The largest absolute Gasteiger partial charge is 0.498 e. The van der Waals surface area contributed by atoms with Crippen LogP contribution in [0.15, 0.2) is 18.2 Å². The Morgan fingerprint density at radius 2 is 1.71 bits per heavy atom. The normalized spacial score (nSPS) is 19.8. The van der Waals surface area contributed by atoms with Crippen LogP contribution in [-0.4, -0.2) is 38.6 Å². The molecule has 0 atom stereocenters. The van der Waals surface area contributed by atoms with E-state index in [0.29, 0.717) is 24.7 Å². The van der Waals surface area contributed by atoms with Gasteiger partial charge in [-0.2, -0.15) is 0 Å². The Kier molecular flexibility index (Phi) is 4.51. The number of anilines is 1. The average Bonchev–Trinajstić information content (AvgIpc) is 2.60. The highest BCUT2D eigenvalue weighted by atomic mass is 16.7. The van der Waals surface area contributed by atoms with Gasteiger partial charge in [0.2, 0.25) is 0 Å². The zero-order chi connectivity index (χ0) is 15.7. The molecule has 1 aromatic rings. The van der Waals surface area contributed by atoms with Gasteiger partial charge < -0.3 is 24.5 Å². The number of para-hydroxylation sites is 1. The Labute approximate surface area is 126 Å². The lowest BCUT2D eigenvalue weighted by molar-refractivity contribution is 0.00578. The second-order valence-corrected chi connectivity index (χ2v) is 6.20. The van der Waals surface area contributed by atoms with E-state index in [1.165, 1.54) is 0 Å². The zero-order valence-corrected chi connectivity index (χ0v) is 13.4. The van der Waals surface area contributed by atoms with E-state index < -0.39 is 18.3 Å². The topological polar surface area (TPSA) is 62.9 Å². The van der Waals surface area contributed by atoms with Crippen molar-refractivity contribution in [2.45, 2.75) is 38.9 Å². The first-order valence-electron chi connectivity index (χ1n) is 7.14. The van der Waals surface area contributed by atoms with E-state index in [9.17, 15) is 0 Å². The minimum Gasteiger partial charge on any atom is -0.489 e. The second-order valence-electron chi connectivity index (χ2n) is 6.20. The summed E-state index contributed by atoms with van der Waals surface area (Å²) in [5, 5.41) is 0. The summed E-state index contributed by atoms with van der Waals surface area (Å²) in [6, 6.07) is 5.59. The highest BCUT2D eigenvalue weighted by Gasteiger charge is 2.52. The van der Waals surface area contributed by atoms with Crippen LogP contribution in [0.5, 0.6) is 5.75 Å². The van der Waals surface area contributed by atoms with E-state index in [0.717, 1.165) is 5.46 Å². The van der Waals surface area contributed by atoms with Crippen LogP contribution in [0.2, 0.25) is 0 Å². The first-order valence-corrected chi connectivity index (χ1v) is 7.14. The molecule has 0 radical (unpaired) electrons. The van der Waals surface area contributed by atoms with Crippen LogP contribution in [-0.2, 0) is 14.0 Å². The molecular weight excluding hydrogens is 269 g/mol. The fourth-order valence-electron chi connectivity index (χ4n) is 2.12. The molecule has 0 aromatic heterocycles. The fraction of sp³-hybridized carbons (Fsp3) is 0.600. The van der Waals surface area contributed by atoms with E-state index in [1.807, 2.05) is 39.8 Å². The maximum absolute atomic E-state index is 6.06. The molecule has 2 rings (SSSR count). The van der Waals surface area contributed by atoms with Gasteiger partial charge in [-0.15, -0.1) is 0 Å². The van der Waals surface area contributed by atoms with Crippen molar-refractivity contribution in [3.63, 3.8) is 0 Å². The Bertz CT molecular complexity index is 488. The van der Waals surface area contributed by atoms with E-state index in [4.69, 9.17) is 24.5 Å². The quantitative estimate of drug-likeness (QED) is 0.507. The molecule has 0 aliphatic carbocycles. The molecule has 1 saturated heterocycles. The summed E-state index contributed by atoms with van der Waals surface area (Å²) in [6.45, 7) is 9.00. The summed E-state index contributed by atoms with van der Waals surface area (Å²) in [6.07, 6.45) is 0. The number of hydrogen-bond donors (Lipinski definition) is 1. The second kappa shape index (κ2) is 5.87. The number of nitrogens with two attached hydrogens (primary N) is 1. The molecule has 0 saturated carbocycles. The van der Waals surface area contributed by atoms with Crippen molar-refractivity contribution in [1.82, 2.24) is 0 Å². The van der Waals surface area contributed by atoms with Crippen molar-refractivity contribution in [3.8, 4) is 5.75 Å². The van der Waals surface area contributed by atoms with Gasteiger partial charge in [0.05, 0.1) is 23.5 Å². The lowest BCUT2D eigenvalue weighted by Gasteiger charge is -2.32. The van der Waals surface area contributed by atoms with Gasteiger partial charge in [0.25, 0.3) is 0 Å². The molecule has 0 unspecified atom stereocenters. The van der Waals surface area contributed by atoms with Crippen LogP contribution in [0.4, 0.5) is 5.69 Å². The number of rotatable bonds is 5. The van der Waals surface area contributed by atoms with Crippen molar-refractivity contribution in [2.75, 3.05) is 26.1 Å². The van der Waals surface area contributed by atoms with Crippen LogP contribution in [0.1, 0.15) is 27.7 Å². The Morgan fingerprint density at radius 1 is 1.10 bits per heavy atom. The molecule has 6 heteroatoms. The molecule has 1 aromatic carbocycles. The molecule has 1 aliphatic rings. The Morgan fingerprint density at radius 3 is 2.29 bits per heavy atom. The molecule has 0 amide bonds. The summed E-state index contributed by atoms with van der Waals surface area (Å²) in [7, 11) is 1.14. The number of methoxy groups -OCH3 is 1. The van der Waals surface area contributed by atoms with Crippen LogP contribution >= 0.6 is 0 Å². The third kappa shape index (κ3) is 3.17. The van der Waals surface area contributed by atoms with Gasteiger partial charge in [0.1, 0.15) is 12.4 Å². The third-order valence-electron chi connectivity index (χ3n) is 4.12. The first kappa shape index (κ1) is 16.1. The lowest BCUT2D eigenvalue weighted by atomic mass is 9.78. The number of hydrogen-bond acceptors (Lipinski definition) is 5. The van der Waals surface area contributed by atoms with Gasteiger partial charge in [-0.3, -0.25) is 0 Å². The molecule has 0 spiro atoms. The highest BCUT2D eigenvalue weighted by molar-refractivity contribution is 6.63. The SMILES string of the molecule is COCCOc1c(N)cccc1B1OC(C)(C)C(C)(C)O1. The molecule has 0 bridgehead atoms. The summed E-state index contributed by atoms with van der Waals surface area (Å²) >= 11 is 0. The van der Waals surface area contributed by atoms with Gasteiger partial charge in [-0.25, -0.2) is 0 Å². The van der Waals surface area contributed by atoms with Crippen LogP contribution < -0.4 is 15.9 Å². The van der Waals surface area contributed by atoms with Crippen LogP contribution in [0, 0.1) is 0 Å². The summed E-state index contributed by atoms with van der Waals surface area (Å²) in [4.78, 5) is 0. The smallest absolute Gasteiger partial charge is 0.489 e. The van der Waals surface area contributed by atoms with Crippen molar-refractivity contribution < 1.29 is 18.8 Å². The van der Waals surface area contributed by atoms with Crippen molar-refractivity contribution in [3.05, 3.63) is 18.2 Å².